The number of cyclic esters (lactones) is 1. The van der Waals surface area contributed by atoms with Crippen molar-refractivity contribution in [2.75, 3.05) is 13.7 Å². The lowest BCUT2D eigenvalue weighted by atomic mass is 9.89. The molecular weight excluding hydrogens is 268 g/mol. The second-order valence-corrected chi connectivity index (χ2v) is 6.45. The van der Waals surface area contributed by atoms with E-state index in [4.69, 9.17) is 14.2 Å². The summed E-state index contributed by atoms with van der Waals surface area (Å²) >= 11 is 0. The van der Waals surface area contributed by atoms with Crippen LogP contribution in [0.5, 0.6) is 0 Å². The third-order valence-electron chi connectivity index (χ3n) is 4.94. The van der Waals surface area contributed by atoms with E-state index < -0.39 is 5.79 Å². The summed E-state index contributed by atoms with van der Waals surface area (Å²) in [5.74, 6) is -1.34. The highest BCUT2D eigenvalue weighted by atomic mass is 16.7. The quantitative estimate of drug-likeness (QED) is 0.690. The van der Waals surface area contributed by atoms with Crippen LogP contribution in [0.15, 0.2) is 0 Å². The van der Waals surface area contributed by atoms with Gasteiger partial charge in [0, 0.05) is 13.5 Å². The van der Waals surface area contributed by atoms with Crippen LogP contribution >= 0.6 is 0 Å². The minimum Gasteiger partial charge on any atom is -0.465 e. The van der Waals surface area contributed by atoms with Crippen molar-refractivity contribution < 1.29 is 19.0 Å². The first-order chi connectivity index (χ1) is 10.2. The topological polar surface area (TPSA) is 44.8 Å². The normalized spacial score (nSPS) is 36.6. The number of rotatable bonds is 1. The minimum atomic E-state index is -0.788. The molecule has 0 aromatic carbocycles. The maximum atomic E-state index is 12.3. The molecule has 0 radical (unpaired) electrons. The number of esters is 1. The molecule has 2 heterocycles. The fourth-order valence-corrected chi connectivity index (χ4v) is 3.48. The summed E-state index contributed by atoms with van der Waals surface area (Å²) in [7, 11) is 1.65. The number of hydrogen-bond acceptors (Lipinski definition) is 4. The van der Waals surface area contributed by atoms with E-state index in [1.54, 1.807) is 7.11 Å². The zero-order valence-electron chi connectivity index (χ0n) is 13.6. The molecule has 2 rings (SSSR count). The van der Waals surface area contributed by atoms with Crippen LogP contribution in [0.25, 0.3) is 0 Å². The van der Waals surface area contributed by atoms with Gasteiger partial charge in [0.1, 0.15) is 5.92 Å². The molecule has 2 saturated heterocycles. The van der Waals surface area contributed by atoms with Crippen LogP contribution in [-0.2, 0) is 19.0 Å². The molecular formula is C17H30O4. The second kappa shape index (κ2) is 8.14. The average Bonchev–Trinajstić information content (AvgIpc) is 2.51. The molecule has 1 unspecified atom stereocenters. The van der Waals surface area contributed by atoms with Gasteiger partial charge in [-0.25, -0.2) is 0 Å². The van der Waals surface area contributed by atoms with E-state index in [9.17, 15) is 4.79 Å². The molecule has 0 aromatic rings. The van der Waals surface area contributed by atoms with Crippen LogP contribution in [-0.4, -0.2) is 31.6 Å². The molecule has 122 valence electrons. The molecule has 0 saturated carbocycles. The Labute approximate surface area is 128 Å². The monoisotopic (exact) mass is 298 g/mol. The summed E-state index contributed by atoms with van der Waals surface area (Å²) in [6, 6.07) is 0. The first kappa shape index (κ1) is 16.8. The van der Waals surface area contributed by atoms with Crippen molar-refractivity contribution in [2.24, 2.45) is 5.92 Å². The van der Waals surface area contributed by atoms with Gasteiger partial charge in [-0.2, -0.15) is 0 Å². The van der Waals surface area contributed by atoms with Crippen molar-refractivity contribution in [3.05, 3.63) is 0 Å². The van der Waals surface area contributed by atoms with Crippen LogP contribution in [0.3, 0.4) is 0 Å². The molecule has 0 amide bonds. The molecule has 0 aromatic heterocycles. The van der Waals surface area contributed by atoms with Crippen LogP contribution < -0.4 is 0 Å². The average molecular weight is 298 g/mol. The summed E-state index contributed by atoms with van der Waals surface area (Å²) < 4.78 is 17.3. The summed E-state index contributed by atoms with van der Waals surface area (Å²) in [5.41, 5.74) is 0. The van der Waals surface area contributed by atoms with E-state index >= 15 is 0 Å². The number of ether oxygens (including phenoxy) is 3. The molecule has 0 N–H and O–H groups in total. The highest BCUT2D eigenvalue weighted by molar-refractivity contribution is 5.73. The van der Waals surface area contributed by atoms with Gasteiger partial charge in [0.2, 0.25) is 0 Å². The Balaban J connectivity index is 2.06. The molecule has 2 aliphatic rings. The molecule has 4 heteroatoms. The Morgan fingerprint density at radius 1 is 1.05 bits per heavy atom. The highest BCUT2D eigenvalue weighted by Crippen LogP contribution is 2.38. The maximum absolute atomic E-state index is 12.3. The maximum Gasteiger partial charge on any atom is 0.314 e. The number of carbonyl (C=O) groups is 1. The predicted octanol–water partition coefficient (Wildman–Crippen LogP) is 3.82. The third kappa shape index (κ3) is 4.43. The lowest BCUT2D eigenvalue weighted by Gasteiger charge is -2.43. The van der Waals surface area contributed by atoms with Gasteiger partial charge in [0.15, 0.2) is 5.79 Å². The first-order valence-electron chi connectivity index (χ1n) is 8.57. The summed E-state index contributed by atoms with van der Waals surface area (Å²) in [4.78, 5) is 12.3. The number of hydrogen-bond donors (Lipinski definition) is 0. The van der Waals surface area contributed by atoms with Crippen LogP contribution in [0.2, 0.25) is 0 Å². The third-order valence-corrected chi connectivity index (χ3v) is 4.94. The summed E-state index contributed by atoms with van der Waals surface area (Å²) in [6.07, 6.45) is 11.3. The van der Waals surface area contributed by atoms with Gasteiger partial charge in [-0.05, 0) is 32.6 Å². The number of carbonyl (C=O) groups excluding carboxylic acids is 1. The van der Waals surface area contributed by atoms with Gasteiger partial charge in [-0.1, -0.05) is 32.1 Å². The Kier molecular flexibility index (Phi) is 6.49. The SMILES string of the molecule is CO[C@]12CCC[C@H](CCCCCCCCOC(=O)C1C)O2. The Morgan fingerprint density at radius 3 is 2.48 bits per heavy atom. The summed E-state index contributed by atoms with van der Waals surface area (Å²) in [5, 5.41) is 0. The largest absolute Gasteiger partial charge is 0.465 e. The molecule has 21 heavy (non-hydrogen) atoms. The van der Waals surface area contributed by atoms with Crippen molar-refractivity contribution in [1.82, 2.24) is 0 Å². The number of fused-ring (bicyclic) bond motifs is 2. The number of methoxy groups -OCH3 is 1. The van der Waals surface area contributed by atoms with Crippen molar-refractivity contribution in [1.29, 1.82) is 0 Å². The van der Waals surface area contributed by atoms with E-state index in [-0.39, 0.29) is 18.0 Å². The van der Waals surface area contributed by atoms with E-state index in [0.717, 1.165) is 38.5 Å². The van der Waals surface area contributed by atoms with E-state index in [1.807, 2.05) is 6.92 Å². The standard InChI is InChI=1S/C17H30O4/c1-14-16(18)20-13-8-6-4-3-5-7-10-15-11-9-12-17(14,19-2)21-15/h14-15H,3-13H2,1-2H3/t14?,15-,17-/m0/s1. The lowest BCUT2D eigenvalue weighted by molar-refractivity contribution is -0.292. The fourth-order valence-electron chi connectivity index (χ4n) is 3.48. The highest BCUT2D eigenvalue weighted by Gasteiger charge is 2.46. The lowest BCUT2D eigenvalue weighted by Crippen LogP contribution is -2.50. The van der Waals surface area contributed by atoms with Crippen LogP contribution in [0, 0.1) is 5.92 Å². The Morgan fingerprint density at radius 2 is 1.71 bits per heavy atom. The van der Waals surface area contributed by atoms with Crippen molar-refractivity contribution >= 4 is 5.97 Å². The van der Waals surface area contributed by atoms with Gasteiger partial charge in [-0.15, -0.1) is 0 Å². The molecule has 0 aliphatic carbocycles. The predicted molar refractivity (Wildman–Crippen MR) is 80.9 cm³/mol. The van der Waals surface area contributed by atoms with E-state index in [0.29, 0.717) is 6.61 Å². The molecule has 2 aliphatic heterocycles. The van der Waals surface area contributed by atoms with Crippen LogP contribution in [0.1, 0.15) is 71.1 Å². The molecule has 2 bridgehead atoms. The van der Waals surface area contributed by atoms with Crippen molar-refractivity contribution in [2.45, 2.75) is 83.0 Å². The molecule has 2 fully saturated rings. The van der Waals surface area contributed by atoms with Crippen LogP contribution in [0.4, 0.5) is 0 Å². The van der Waals surface area contributed by atoms with Gasteiger partial charge in [0.05, 0.1) is 12.7 Å². The van der Waals surface area contributed by atoms with E-state index in [1.165, 1.54) is 25.7 Å². The summed E-state index contributed by atoms with van der Waals surface area (Å²) in [6.45, 7) is 2.40. The molecule has 4 nitrogen and oxygen atoms in total. The molecule has 0 spiro atoms. The Hall–Kier alpha value is -0.610. The molecule has 3 atom stereocenters. The minimum absolute atomic E-state index is 0.186. The van der Waals surface area contributed by atoms with Gasteiger partial charge >= 0.3 is 5.97 Å². The fraction of sp³-hybridized carbons (Fsp3) is 0.941. The van der Waals surface area contributed by atoms with Gasteiger partial charge < -0.3 is 14.2 Å². The van der Waals surface area contributed by atoms with Crippen molar-refractivity contribution in [3.8, 4) is 0 Å². The Bertz CT molecular complexity index is 331. The smallest absolute Gasteiger partial charge is 0.314 e. The van der Waals surface area contributed by atoms with Crippen molar-refractivity contribution in [3.63, 3.8) is 0 Å². The zero-order valence-corrected chi connectivity index (χ0v) is 13.6. The first-order valence-corrected chi connectivity index (χ1v) is 8.57. The van der Waals surface area contributed by atoms with E-state index in [2.05, 4.69) is 0 Å². The zero-order chi connectivity index (χ0) is 15.1. The van der Waals surface area contributed by atoms with Gasteiger partial charge in [0.25, 0.3) is 0 Å². The second-order valence-electron chi connectivity index (χ2n) is 6.45. The van der Waals surface area contributed by atoms with Gasteiger partial charge in [-0.3, -0.25) is 4.79 Å².